The van der Waals surface area contributed by atoms with Gasteiger partial charge in [-0.2, -0.15) is 5.10 Å². The van der Waals surface area contributed by atoms with E-state index in [4.69, 9.17) is 0 Å². The zero-order valence-electron chi connectivity index (χ0n) is 13.4. The predicted octanol–water partition coefficient (Wildman–Crippen LogP) is 2.91. The Bertz CT molecular complexity index is 663. The highest BCUT2D eigenvalue weighted by Gasteiger charge is 2.34. The van der Waals surface area contributed by atoms with Crippen molar-refractivity contribution in [3.05, 3.63) is 29.8 Å². The molecule has 5 nitrogen and oxygen atoms in total. The molecule has 0 N–H and O–H groups in total. The van der Waals surface area contributed by atoms with Gasteiger partial charge in [0.05, 0.1) is 5.69 Å². The minimum absolute atomic E-state index is 0.862. The van der Waals surface area contributed by atoms with Gasteiger partial charge in [-0.15, -0.1) is 0 Å². The quantitative estimate of drug-likeness (QED) is 0.855. The van der Waals surface area contributed by atoms with E-state index in [0.29, 0.717) is 0 Å². The fourth-order valence-corrected chi connectivity index (χ4v) is 4.08. The Morgan fingerprint density at radius 1 is 0.955 bits per heavy atom. The maximum Gasteiger partial charge on any atom is 0.159 e. The van der Waals surface area contributed by atoms with E-state index in [1.165, 1.54) is 25.7 Å². The highest BCUT2D eigenvalue weighted by molar-refractivity contribution is 5.45. The molecule has 0 amide bonds. The number of hydrogen-bond donors (Lipinski definition) is 0. The molecule has 0 bridgehead atoms. The van der Waals surface area contributed by atoms with E-state index in [1.54, 1.807) is 6.33 Å². The van der Waals surface area contributed by atoms with Gasteiger partial charge in [0.1, 0.15) is 12.1 Å². The third-order valence-corrected chi connectivity index (χ3v) is 5.17. The lowest BCUT2D eigenvalue weighted by molar-refractivity contribution is 0.299. The molecular formula is C17H23N5. The standard InChI is InChI=1S/C17H23N5/c1-12-7-13(2)22(20-12)17-8-16(18-11-19-17)21-9-14-5-3-4-6-15(14)10-21/h7-8,11,14-15H,3-6,9-10H2,1-2H3. The van der Waals surface area contributed by atoms with E-state index in [-0.39, 0.29) is 0 Å². The van der Waals surface area contributed by atoms with Crippen LogP contribution in [-0.4, -0.2) is 32.8 Å². The van der Waals surface area contributed by atoms with Gasteiger partial charge in [0.15, 0.2) is 5.82 Å². The molecule has 2 aliphatic rings. The van der Waals surface area contributed by atoms with Gasteiger partial charge in [0.2, 0.25) is 0 Å². The van der Waals surface area contributed by atoms with Crippen molar-refractivity contribution < 1.29 is 0 Å². The van der Waals surface area contributed by atoms with E-state index in [9.17, 15) is 0 Å². The van der Waals surface area contributed by atoms with Gasteiger partial charge in [-0.25, -0.2) is 14.6 Å². The lowest BCUT2D eigenvalue weighted by Gasteiger charge is -2.22. The second-order valence-corrected chi connectivity index (χ2v) is 6.78. The highest BCUT2D eigenvalue weighted by Crippen LogP contribution is 2.37. The van der Waals surface area contributed by atoms with Crippen LogP contribution in [0.25, 0.3) is 5.82 Å². The van der Waals surface area contributed by atoms with Crippen LogP contribution in [0.2, 0.25) is 0 Å². The van der Waals surface area contributed by atoms with E-state index in [2.05, 4.69) is 39.0 Å². The van der Waals surface area contributed by atoms with Crippen molar-refractivity contribution in [2.24, 2.45) is 11.8 Å². The topological polar surface area (TPSA) is 46.8 Å². The number of anilines is 1. The molecule has 0 spiro atoms. The van der Waals surface area contributed by atoms with Crippen LogP contribution in [0.5, 0.6) is 0 Å². The average molecular weight is 297 g/mol. The summed E-state index contributed by atoms with van der Waals surface area (Å²) in [4.78, 5) is 11.4. The zero-order valence-corrected chi connectivity index (χ0v) is 13.4. The minimum atomic E-state index is 0.862. The number of rotatable bonds is 2. The Balaban J connectivity index is 1.61. The van der Waals surface area contributed by atoms with E-state index < -0.39 is 0 Å². The van der Waals surface area contributed by atoms with E-state index in [1.807, 2.05) is 11.6 Å². The Hall–Kier alpha value is -1.91. The molecule has 2 atom stereocenters. The number of nitrogens with zero attached hydrogens (tertiary/aromatic N) is 5. The summed E-state index contributed by atoms with van der Waals surface area (Å²) >= 11 is 0. The summed E-state index contributed by atoms with van der Waals surface area (Å²) in [6.07, 6.45) is 7.24. The van der Waals surface area contributed by atoms with Crippen LogP contribution in [0.4, 0.5) is 5.82 Å². The summed E-state index contributed by atoms with van der Waals surface area (Å²) in [7, 11) is 0. The van der Waals surface area contributed by atoms with Crippen molar-refractivity contribution in [2.45, 2.75) is 39.5 Å². The Kier molecular flexibility index (Phi) is 3.36. The van der Waals surface area contributed by atoms with Gasteiger partial charge < -0.3 is 4.90 Å². The predicted molar refractivity (Wildman–Crippen MR) is 86.3 cm³/mol. The molecule has 0 aromatic carbocycles. The second-order valence-electron chi connectivity index (χ2n) is 6.78. The van der Waals surface area contributed by atoms with Crippen LogP contribution in [0, 0.1) is 25.7 Å². The maximum absolute atomic E-state index is 4.53. The van der Waals surface area contributed by atoms with Crippen LogP contribution in [0.1, 0.15) is 37.1 Å². The van der Waals surface area contributed by atoms with Crippen LogP contribution in [0.3, 0.4) is 0 Å². The average Bonchev–Trinajstić information content (AvgIpc) is 3.10. The molecule has 2 aromatic rings. The lowest BCUT2D eigenvalue weighted by atomic mass is 9.82. The number of hydrogen-bond acceptors (Lipinski definition) is 4. The minimum Gasteiger partial charge on any atom is -0.356 e. The van der Waals surface area contributed by atoms with Crippen molar-refractivity contribution in [3.63, 3.8) is 0 Å². The van der Waals surface area contributed by atoms with Crippen LogP contribution < -0.4 is 4.90 Å². The van der Waals surface area contributed by atoms with Crippen molar-refractivity contribution >= 4 is 5.82 Å². The summed E-state index contributed by atoms with van der Waals surface area (Å²) in [6.45, 7) is 6.37. The van der Waals surface area contributed by atoms with E-state index >= 15 is 0 Å². The Labute approximate surface area is 131 Å². The maximum atomic E-state index is 4.53. The first-order chi connectivity index (χ1) is 10.7. The molecule has 5 heteroatoms. The number of aryl methyl sites for hydroxylation is 2. The molecule has 1 saturated heterocycles. The fraction of sp³-hybridized carbons (Fsp3) is 0.588. The zero-order chi connectivity index (χ0) is 15.1. The van der Waals surface area contributed by atoms with Gasteiger partial charge in [-0.1, -0.05) is 12.8 Å². The molecule has 2 unspecified atom stereocenters. The third-order valence-electron chi connectivity index (χ3n) is 5.17. The van der Waals surface area contributed by atoms with E-state index in [0.717, 1.165) is 47.9 Å². The SMILES string of the molecule is Cc1cc(C)n(-c2cc(N3CC4CCCCC4C3)ncn2)n1. The molecule has 0 radical (unpaired) electrons. The number of fused-ring (bicyclic) bond motifs is 1. The highest BCUT2D eigenvalue weighted by atomic mass is 15.3. The summed E-state index contributed by atoms with van der Waals surface area (Å²) in [5.41, 5.74) is 2.13. The van der Waals surface area contributed by atoms with Crippen LogP contribution in [0.15, 0.2) is 18.5 Å². The molecule has 4 rings (SSSR count). The van der Waals surface area contributed by atoms with Gasteiger partial charge in [-0.3, -0.25) is 0 Å². The molecule has 1 aliphatic heterocycles. The third kappa shape index (κ3) is 2.38. The van der Waals surface area contributed by atoms with Gasteiger partial charge in [0, 0.05) is 24.8 Å². The van der Waals surface area contributed by atoms with Crippen molar-refractivity contribution in [1.29, 1.82) is 0 Å². The first-order valence-electron chi connectivity index (χ1n) is 8.31. The summed E-state index contributed by atoms with van der Waals surface area (Å²) in [5.74, 6) is 3.64. The molecule has 2 aromatic heterocycles. The molecule has 22 heavy (non-hydrogen) atoms. The smallest absolute Gasteiger partial charge is 0.159 e. The van der Waals surface area contributed by atoms with Gasteiger partial charge >= 0.3 is 0 Å². The monoisotopic (exact) mass is 297 g/mol. The van der Waals surface area contributed by atoms with Gasteiger partial charge in [0.25, 0.3) is 0 Å². The normalized spacial score (nSPS) is 24.5. The van der Waals surface area contributed by atoms with Crippen LogP contribution >= 0.6 is 0 Å². The molecule has 1 aliphatic carbocycles. The van der Waals surface area contributed by atoms with Crippen molar-refractivity contribution in [1.82, 2.24) is 19.7 Å². The second kappa shape index (κ2) is 5.38. The largest absolute Gasteiger partial charge is 0.356 e. The van der Waals surface area contributed by atoms with Gasteiger partial charge in [-0.05, 0) is 44.6 Å². The summed E-state index contributed by atoms with van der Waals surface area (Å²) < 4.78 is 1.91. The molecular weight excluding hydrogens is 274 g/mol. The Morgan fingerprint density at radius 2 is 1.64 bits per heavy atom. The fourth-order valence-electron chi connectivity index (χ4n) is 4.08. The Morgan fingerprint density at radius 3 is 2.27 bits per heavy atom. The van der Waals surface area contributed by atoms with Crippen molar-refractivity contribution in [2.75, 3.05) is 18.0 Å². The lowest BCUT2D eigenvalue weighted by Crippen LogP contribution is -2.21. The van der Waals surface area contributed by atoms with Crippen molar-refractivity contribution in [3.8, 4) is 5.82 Å². The molecule has 1 saturated carbocycles. The first-order valence-corrected chi connectivity index (χ1v) is 8.31. The molecule has 116 valence electrons. The molecule has 2 fully saturated rings. The first kappa shape index (κ1) is 13.7. The van der Waals surface area contributed by atoms with Crippen LogP contribution in [-0.2, 0) is 0 Å². The summed E-state index contributed by atoms with van der Waals surface area (Å²) in [5, 5.41) is 4.53. The summed E-state index contributed by atoms with van der Waals surface area (Å²) in [6, 6.07) is 4.16. The molecule has 3 heterocycles. The number of aromatic nitrogens is 4.